The molecule has 120 valence electrons. The first-order chi connectivity index (χ1) is 11.0. The van der Waals surface area contributed by atoms with E-state index in [4.69, 9.17) is 0 Å². The van der Waals surface area contributed by atoms with Gasteiger partial charge in [0, 0.05) is 17.6 Å². The van der Waals surface area contributed by atoms with Gasteiger partial charge in [0.05, 0.1) is 11.2 Å². The van der Waals surface area contributed by atoms with Crippen molar-refractivity contribution in [1.29, 1.82) is 0 Å². The van der Waals surface area contributed by atoms with E-state index >= 15 is 0 Å². The summed E-state index contributed by atoms with van der Waals surface area (Å²) in [6, 6.07) is 3.82. The minimum atomic E-state index is -0.566. The van der Waals surface area contributed by atoms with Crippen molar-refractivity contribution in [2.75, 3.05) is 5.32 Å². The van der Waals surface area contributed by atoms with Gasteiger partial charge >= 0.3 is 0 Å². The van der Waals surface area contributed by atoms with Crippen LogP contribution in [0.15, 0.2) is 37.1 Å². The molecule has 0 unspecified atom stereocenters. The number of nitrogens with one attached hydrogen (secondary N) is 2. The van der Waals surface area contributed by atoms with E-state index < -0.39 is 11.9 Å². The molecule has 3 rings (SSSR count). The average molecular weight is 315 g/mol. The fourth-order valence-electron chi connectivity index (χ4n) is 3.17. The fraction of sp³-hybridized carbons (Fsp3) is 0.294. The summed E-state index contributed by atoms with van der Waals surface area (Å²) in [6.45, 7) is 5.39. The van der Waals surface area contributed by atoms with Crippen LogP contribution >= 0.6 is 0 Å². The van der Waals surface area contributed by atoms with Crippen LogP contribution in [0, 0.1) is 5.82 Å². The van der Waals surface area contributed by atoms with Crippen molar-refractivity contribution in [2.45, 2.75) is 31.8 Å². The van der Waals surface area contributed by atoms with Crippen molar-refractivity contribution in [3.05, 3.63) is 42.9 Å². The second-order valence-electron chi connectivity index (χ2n) is 5.78. The standard InChI is InChI=1S/C17H18FN3O2/c1-3-15(22)21-10(2)4-5-14(21)17(23)20-13-9-12(18)8-11-6-7-19-16(11)13/h3,6-10,14,19H,1,4-5H2,2H3,(H,20,23)/t10-,14-/m0/s1. The van der Waals surface area contributed by atoms with Crippen LogP contribution < -0.4 is 5.32 Å². The minimum absolute atomic E-state index is 0.0192. The Bertz CT molecular complexity index is 783. The van der Waals surface area contributed by atoms with Gasteiger partial charge in [-0.25, -0.2) is 4.39 Å². The summed E-state index contributed by atoms with van der Waals surface area (Å²) in [5.74, 6) is -1.00. The van der Waals surface area contributed by atoms with Crippen LogP contribution in [0.1, 0.15) is 19.8 Å². The number of anilines is 1. The summed E-state index contributed by atoms with van der Waals surface area (Å²) in [5, 5.41) is 3.42. The molecule has 0 radical (unpaired) electrons. The maximum absolute atomic E-state index is 13.7. The van der Waals surface area contributed by atoms with Crippen LogP contribution in [-0.4, -0.2) is 33.8 Å². The number of carbonyl (C=O) groups is 2. The zero-order valence-electron chi connectivity index (χ0n) is 12.8. The topological polar surface area (TPSA) is 65.2 Å². The molecular weight excluding hydrogens is 297 g/mol. The van der Waals surface area contributed by atoms with E-state index in [1.165, 1.54) is 23.1 Å². The molecule has 2 heterocycles. The van der Waals surface area contributed by atoms with Gasteiger partial charge in [0.15, 0.2) is 0 Å². The molecule has 1 aliphatic heterocycles. The van der Waals surface area contributed by atoms with Gasteiger partial charge in [-0.2, -0.15) is 0 Å². The van der Waals surface area contributed by atoms with Gasteiger partial charge in [-0.05, 0) is 44.0 Å². The van der Waals surface area contributed by atoms with Gasteiger partial charge in [0.25, 0.3) is 0 Å². The molecule has 6 heteroatoms. The number of H-pyrrole nitrogens is 1. The molecule has 1 saturated heterocycles. The Kier molecular flexibility index (Phi) is 3.90. The normalized spacial score (nSPS) is 20.7. The number of amides is 2. The SMILES string of the molecule is C=CC(=O)N1[C@@H](C)CC[C@H]1C(=O)Nc1cc(F)cc2cc[nH]c12. The highest BCUT2D eigenvalue weighted by Crippen LogP contribution is 2.28. The first-order valence-corrected chi connectivity index (χ1v) is 7.53. The molecule has 23 heavy (non-hydrogen) atoms. The van der Waals surface area contributed by atoms with E-state index in [2.05, 4.69) is 16.9 Å². The van der Waals surface area contributed by atoms with Crippen LogP contribution in [0.3, 0.4) is 0 Å². The second-order valence-corrected chi connectivity index (χ2v) is 5.78. The number of halogens is 1. The molecule has 1 fully saturated rings. The summed E-state index contributed by atoms with van der Waals surface area (Å²) in [5.41, 5.74) is 1.04. The minimum Gasteiger partial charge on any atom is -0.359 e. The molecule has 0 spiro atoms. The van der Waals surface area contributed by atoms with E-state index in [1.807, 2.05) is 6.92 Å². The van der Waals surface area contributed by atoms with Crippen LogP contribution in [0.5, 0.6) is 0 Å². The largest absolute Gasteiger partial charge is 0.359 e. The molecule has 1 aromatic heterocycles. The smallest absolute Gasteiger partial charge is 0.247 e. The number of aromatic nitrogens is 1. The van der Waals surface area contributed by atoms with Crippen molar-refractivity contribution in [3.8, 4) is 0 Å². The molecule has 5 nitrogen and oxygen atoms in total. The predicted molar refractivity (Wildman–Crippen MR) is 86.4 cm³/mol. The lowest BCUT2D eigenvalue weighted by atomic mass is 10.1. The number of hydrogen-bond acceptors (Lipinski definition) is 2. The van der Waals surface area contributed by atoms with Crippen molar-refractivity contribution in [1.82, 2.24) is 9.88 Å². The number of nitrogens with zero attached hydrogens (tertiary/aromatic N) is 1. The number of aromatic amines is 1. The Morgan fingerprint density at radius 1 is 1.43 bits per heavy atom. The number of carbonyl (C=O) groups excluding carboxylic acids is 2. The van der Waals surface area contributed by atoms with Gasteiger partial charge in [-0.3, -0.25) is 9.59 Å². The maximum atomic E-state index is 13.7. The highest BCUT2D eigenvalue weighted by molar-refractivity contribution is 6.04. The Morgan fingerprint density at radius 2 is 2.22 bits per heavy atom. The van der Waals surface area contributed by atoms with Crippen molar-refractivity contribution in [2.24, 2.45) is 0 Å². The van der Waals surface area contributed by atoms with Gasteiger partial charge in [-0.15, -0.1) is 0 Å². The molecule has 2 amide bonds. The predicted octanol–water partition coefficient (Wildman–Crippen LogP) is 2.81. The Hall–Kier alpha value is -2.63. The lowest BCUT2D eigenvalue weighted by Crippen LogP contribution is -2.45. The molecule has 0 bridgehead atoms. The highest BCUT2D eigenvalue weighted by Gasteiger charge is 2.37. The van der Waals surface area contributed by atoms with E-state index in [0.29, 0.717) is 23.0 Å². The number of likely N-dealkylation sites (tertiary alicyclic amines) is 1. The van der Waals surface area contributed by atoms with Gasteiger partial charge < -0.3 is 15.2 Å². The van der Waals surface area contributed by atoms with Crippen LogP contribution in [-0.2, 0) is 9.59 Å². The zero-order chi connectivity index (χ0) is 16.6. The number of rotatable bonds is 3. The molecule has 2 N–H and O–H groups in total. The number of benzene rings is 1. The Balaban J connectivity index is 1.87. The average Bonchev–Trinajstić information content (AvgIpc) is 3.12. The number of fused-ring (bicyclic) bond motifs is 1. The van der Waals surface area contributed by atoms with Crippen LogP contribution in [0.2, 0.25) is 0 Å². The molecule has 0 aliphatic carbocycles. The van der Waals surface area contributed by atoms with E-state index in [0.717, 1.165) is 6.42 Å². The molecule has 2 atom stereocenters. The maximum Gasteiger partial charge on any atom is 0.247 e. The third-order valence-corrected chi connectivity index (χ3v) is 4.28. The highest BCUT2D eigenvalue weighted by atomic mass is 19.1. The second kappa shape index (κ2) is 5.87. The first-order valence-electron chi connectivity index (χ1n) is 7.53. The summed E-state index contributed by atoms with van der Waals surface area (Å²) >= 11 is 0. The summed E-state index contributed by atoms with van der Waals surface area (Å²) in [7, 11) is 0. The number of hydrogen-bond donors (Lipinski definition) is 2. The van der Waals surface area contributed by atoms with Crippen molar-refractivity contribution in [3.63, 3.8) is 0 Å². The first kappa shape index (κ1) is 15.3. The molecule has 0 saturated carbocycles. The quantitative estimate of drug-likeness (QED) is 0.855. The van der Waals surface area contributed by atoms with Gasteiger partial charge in [-0.1, -0.05) is 6.58 Å². The summed E-state index contributed by atoms with van der Waals surface area (Å²) in [6.07, 6.45) is 4.23. The van der Waals surface area contributed by atoms with E-state index in [-0.39, 0.29) is 17.9 Å². The lowest BCUT2D eigenvalue weighted by molar-refractivity contribution is -0.134. The summed E-state index contributed by atoms with van der Waals surface area (Å²) in [4.78, 5) is 29.1. The third-order valence-electron chi connectivity index (χ3n) is 4.28. The van der Waals surface area contributed by atoms with Crippen LogP contribution in [0.25, 0.3) is 10.9 Å². The van der Waals surface area contributed by atoms with E-state index in [9.17, 15) is 14.0 Å². The summed E-state index contributed by atoms with van der Waals surface area (Å²) < 4.78 is 13.7. The van der Waals surface area contributed by atoms with Crippen LogP contribution in [0.4, 0.5) is 10.1 Å². The molecular formula is C17H18FN3O2. The molecule has 1 aromatic carbocycles. The fourth-order valence-corrected chi connectivity index (χ4v) is 3.17. The van der Waals surface area contributed by atoms with Gasteiger partial charge in [0.1, 0.15) is 11.9 Å². The van der Waals surface area contributed by atoms with Crippen molar-refractivity contribution < 1.29 is 14.0 Å². The Labute approximate surface area is 133 Å². The lowest BCUT2D eigenvalue weighted by Gasteiger charge is -2.26. The third kappa shape index (κ3) is 2.72. The zero-order valence-corrected chi connectivity index (χ0v) is 12.8. The van der Waals surface area contributed by atoms with Gasteiger partial charge in [0.2, 0.25) is 11.8 Å². The van der Waals surface area contributed by atoms with Crippen molar-refractivity contribution >= 4 is 28.4 Å². The molecule has 2 aromatic rings. The van der Waals surface area contributed by atoms with E-state index in [1.54, 1.807) is 12.3 Å². The Morgan fingerprint density at radius 3 is 2.96 bits per heavy atom. The molecule has 1 aliphatic rings. The monoisotopic (exact) mass is 315 g/mol.